The molecule has 1 aliphatic rings. The van der Waals surface area contributed by atoms with Crippen LogP contribution in [0.1, 0.15) is 24.5 Å². The monoisotopic (exact) mass is 220 g/mol. The van der Waals surface area contributed by atoms with Gasteiger partial charge in [-0.05, 0) is 24.8 Å². The molecule has 2 rings (SSSR count). The van der Waals surface area contributed by atoms with Crippen molar-refractivity contribution in [1.82, 2.24) is 0 Å². The first-order valence-electron chi connectivity index (χ1n) is 6.02. The molecule has 1 N–H and O–H groups in total. The zero-order chi connectivity index (χ0) is 11.5. The molecule has 1 aliphatic heterocycles. The summed E-state index contributed by atoms with van der Waals surface area (Å²) in [6.45, 7) is 5.01. The standard InChI is InChI=1S/C14H20O2/c1-10-4-3-5-12(8-10)9-13(15)14-11(2)6-7-16-14/h3-5,8,11,13-15H,6-7,9H2,1-2H3. The lowest BCUT2D eigenvalue weighted by molar-refractivity contribution is -0.0157. The third kappa shape index (κ3) is 2.63. The molecule has 3 unspecified atom stereocenters. The van der Waals surface area contributed by atoms with Crippen molar-refractivity contribution in [1.29, 1.82) is 0 Å². The van der Waals surface area contributed by atoms with Gasteiger partial charge in [0.1, 0.15) is 0 Å². The lowest BCUT2D eigenvalue weighted by atomic mass is 9.95. The molecule has 0 spiro atoms. The van der Waals surface area contributed by atoms with Gasteiger partial charge in [-0.25, -0.2) is 0 Å². The Morgan fingerprint density at radius 3 is 2.94 bits per heavy atom. The van der Waals surface area contributed by atoms with E-state index in [1.165, 1.54) is 11.1 Å². The summed E-state index contributed by atoms with van der Waals surface area (Å²) in [4.78, 5) is 0. The summed E-state index contributed by atoms with van der Waals surface area (Å²) in [5, 5.41) is 10.1. The maximum Gasteiger partial charge on any atom is 0.0863 e. The highest BCUT2D eigenvalue weighted by Gasteiger charge is 2.30. The fourth-order valence-electron chi connectivity index (χ4n) is 2.41. The second-order valence-electron chi connectivity index (χ2n) is 4.86. The van der Waals surface area contributed by atoms with Crippen LogP contribution in [0.25, 0.3) is 0 Å². The first kappa shape index (κ1) is 11.6. The van der Waals surface area contributed by atoms with E-state index in [-0.39, 0.29) is 12.2 Å². The molecule has 0 bridgehead atoms. The Hall–Kier alpha value is -0.860. The zero-order valence-corrected chi connectivity index (χ0v) is 10.0. The summed E-state index contributed by atoms with van der Waals surface area (Å²) in [6.07, 6.45) is 1.39. The predicted molar refractivity (Wildman–Crippen MR) is 64.4 cm³/mol. The molecule has 16 heavy (non-hydrogen) atoms. The van der Waals surface area contributed by atoms with Crippen LogP contribution in [0.3, 0.4) is 0 Å². The van der Waals surface area contributed by atoms with Crippen molar-refractivity contribution in [3.63, 3.8) is 0 Å². The van der Waals surface area contributed by atoms with Crippen molar-refractivity contribution in [2.75, 3.05) is 6.61 Å². The van der Waals surface area contributed by atoms with Gasteiger partial charge in [0.15, 0.2) is 0 Å². The van der Waals surface area contributed by atoms with Crippen molar-refractivity contribution < 1.29 is 9.84 Å². The van der Waals surface area contributed by atoms with Crippen LogP contribution in [0.5, 0.6) is 0 Å². The number of hydrogen-bond acceptors (Lipinski definition) is 2. The van der Waals surface area contributed by atoms with Crippen molar-refractivity contribution >= 4 is 0 Å². The number of aryl methyl sites for hydroxylation is 1. The van der Waals surface area contributed by atoms with Gasteiger partial charge >= 0.3 is 0 Å². The molecule has 2 nitrogen and oxygen atoms in total. The summed E-state index contributed by atoms with van der Waals surface area (Å²) < 4.78 is 5.58. The quantitative estimate of drug-likeness (QED) is 0.847. The van der Waals surface area contributed by atoms with Gasteiger partial charge in [-0.1, -0.05) is 36.8 Å². The zero-order valence-electron chi connectivity index (χ0n) is 10.0. The van der Waals surface area contributed by atoms with Gasteiger partial charge in [-0.3, -0.25) is 0 Å². The van der Waals surface area contributed by atoms with Crippen molar-refractivity contribution in [3.05, 3.63) is 35.4 Å². The molecular weight excluding hydrogens is 200 g/mol. The van der Waals surface area contributed by atoms with Crippen LogP contribution in [-0.2, 0) is 11.2 Å². The van der Waals surface area contributed by atoms with E-state index >= 15 is 0 Å². The average Bonchev–Trinajstić information content (AvgIpc) is 2.64. The Kier molecular flexibility index (Phi) is 3.62. The topological polar surface area (TPSA) is 29.5 Å². The lowest BCUT2D eigenvalue weighted by Gasteiger charge is -2.21. The molecule has 3 atom stereocenters. The Bertz CT molecular complexity index is 348. The maximum atomic E-state index is 10.1. The van der Waals surface area contributed by atoms with Gasteiger partial charge in [0.25, 0.3) is 0 Å². The minimum absolute atomic E-state index is 0.0144. The number of aliphatic hydroxyl groups excluding tert-OH is 1. The number of rotatable bonds is 3. The molecule has 1 aromatic rings. The van der Waals surface area contributed by atoms with Gasteiger partial charge in [0, 0.05) is 13.0 Å². The Morgan fingerprint density at radius 2 is 2.31 bits per heavy atom. The van der Waals surface area contributed by atoms with Crippen molar-refractivity contribution in [3.8, 4) is 0 Å². The van der Waals surface area contributed by atoms with E-state index in [0.29, 0.717) is 12.3 Å². The molecule has 88 valence electrons. The van der Waals surface area contributed by atoms with E-state index in [4.69, 9.17) is 4.74 Å². The minimum atomic E-state index is -0.376. The third-order valence-electron chi connectivity index (χ3n) is 3.35. The molecule has 0 amide bonds. The number of hydrogen-bond donors (Lipinski definition) is 1. The summed E-state index contributed by atoms with van der Waals surface area (Å²) >= 11 is 0. The van der Waals surface area contributed by atoms with Gasteiger partial charge in [0.2, 0.25) is 0 Å². The normalized spacial score (nSPS) is 26.9. The van der Waals surface area contributed by atoms with E-state index in [1.807, 2.05) is 6.07 Å². The summed E-state index contributed by atoms with van der Waals surface area (Å²) in [5.41, 5.74) is 2.43. The second-order valence-corrected chi connectivity index (χ2v) is 4.86. The fraction of sp³-hybridized carbons (Fsp3) is 0.571. The Balaban J connectivity index is 1.99. The minimum Gasteiger partial charge on any atom is -0.390 e. The first-order chi connectivity index (χ1) is 7.66. The average molecular weight is 220 g/mol. The molecule has 0 aromatic heterocycles. The molecule has 1 aromatic carbocycles. The number of ether oxygens (including phenoxy) is 1. The van der Waals surface area contributed by atoms with Gasteiger partial charge in [-0.15, -0.1) is 0 Å². The fourth-order valence-corrected chi connectivity index (χ4v) is 2.41. The molecule has 2 heteroatoms. The summed E-state index contributed by atoms with van der Waals surface area (Å²) in [5.74, 6) is 0.472. The van der Waals surface area contributed by atoms with Crippen LogP contribution in [0.15, 0.2) is 24.3 Å². The van der Waals surface area contributed by atoms with Crippen LogP contribution in [0.4, 0.5) is 0 Å². The van der Waals surface area contributed by atoms with Crippen molar-refractivity contribution in [2.45, 2.75) is 38.9 Å². The molecule has 1 heterocycles. The Labute approximate surface area is 97.3 Å². The highest BCUT2D eigenvalue weighted by atomic mass is 16.5. The van der Waals surface area contributed by atoms with E-state index in [9.17, 15) is 5.11 Å². The van der Waals surface area contributed by atoms with Crippen LogP contribution in [-0.4, -0.2) is 23.9 Å². The summed E-state index contributed by atoms with van der Waals surface area (Å²) in [6, 6.07) is 8.31. The van der Waals surface area contributed by atoms with E-state index < -0.39 is 0 Å². The van der Waals surface area contributed by atoms with Crippen LogP contribution >= 0.6 is 0 Å². The smallest absolute Gasteiger partial charge is 0.0863 e. The molecule has 1 saturated heterocycles. The van der Waals surface area contributed by atoms with E-state index in [0.717, 1.165) is 13.0 Å². The predicted octanol–water partition coefficient (Wildman–Crippen LogP) is 2.32. The van der Waals surface area contributed by atoms with Gasteiger partial charge in [0.05, 0.1) is 12.2 Å². The molecule has 0 radical (unpaired) electrons. The molecule has 0 aliphatic carbocycles. The van der Waals surface area contributed by atoms with Crippen LogP contribution in [0, 0.1) is 12.8 Å². The van der Waals surface area contributed by atoms with Crippen LogP contribution in [0.2, 0.25) is 0 Å². The maximum absolute atomic E-state index is 10.1. The third-order valence-corrected chi connectivity index (χ3v) is 3.35. The highest BCUT2D eigenvalue weighted by Crippen LogP contribution is 2.24. The Morgan fingerprint density at radius 1 is 1.50 bits per heavy atom. The number of benzene rings is 1. The lowest BCUT2D eigenvalue weighted by Crippen LogP contribution is -2.31. The van der Waals surface area contributed by atoms with Gasteiger partial charge < -0.3 is 9.84 Å². The van der Waals surface area contributed by atoms with Crippen LogP contribution < -0.4 is 0 Å². The van der Waals surface area contributed by atoms with E-state index in [1.54, 1.807) is 0 Å². The van der Waals surface area contributed by atoms with E-state index in [2.05, 4.69) is 32.0 Å². The second kappa shape index (κ2) is 4.98. The largest absolute Gasteiger partial charge is 0.390 e. The summed E-state index contributed by atoms with van der Waals surface area (Å²) in [7, 11) is 0. The van der Waals surface area contributed by atoms with Crippen molar-refractivity contribution in [2.24, 2.45) is 5.92 Å². The molecule has 1 fully saturated rings. The highest BCUT2D eigenvalue weighted by molar-refractivity contribution is 5.23. The first-order valence-corrected chi connectivity index (χ1v) is 6.02. The SMILES string of the molecule is Cc1cccc(CC(O)C2OCCC2C)c1. The molecule has 0 saturated carbocycles. The van der Waals surface area contributed by atoms with Gasteiger partial charge in [-0.2, -0.15) is 0 Å². The molecular formula is C14H20O2. The number of aliphatic hydroxyl groups is 1.